The third kappa shape index (κ3) is 12.1. The lowest BCUT2D eigenvalue weighted by atomic mass is 10.3. The van der Waals surface area contributed by atoms with Gasteiger partial charge in [0.25, 0.3) is 0 Å². The van der Waals surface area contributed by atoms with Crippen LogP contribution in [0.2, 0.25) is 0 Å². The number of hydrogen-bond donors (Lipinski definition) is 1. The molecular weight excluding hydrogens is 294 g/mol. The molecule has 0 spiro atoms. The van der Waals surface area contributed by atoms with E-state index in [4.69, 9.17) is 19.9 Å². The molecule has 0 radical (unpaired) electrons. The van der Waals surface area contributed by atoms with E-state index in [2.05, 4.69) is 6.92 Å². The van der Waals surface area contributed by atoms with E-state index in [-0.39, 0.29) is 12.4 Å². The summed E-state index contributed by atoms with van der Waals surface area (Å²) in [7, 11) is -3.10. The summed E-state index contributed by atoms with van der Waals surface area (Å²) in [6.07, 6.45) is 2.69. The summed E-state index contributed by atoms with van der Waals surface area (Å²) in [5.41, 5.74) is 5.36. The number of hydrogen-bond acceptors (Lipinski definition) is 6. The highest BCUT2D eigenvalue weighted by Crippen LogP contribution is 2.05. The van der Waals surface area contributed by atoms with Crippen molar-refractivity contribution >= 4 is 9.84 Å². The summed E-state index contributed by atoms with van der Waals surface area (Å²) in [5, 5.41) is -0.400. The Labute approximate surface area is 129 Å². The molecule has 0 aliphatic carbocycles. The fourth-order valence-corrected chi connectivity index (χ4v) is 2.83. The lowest BCUT2D eigenvalue weighted by Crippen LogP contribution is -2.26. The maximum absolute atomic E-state index is 11.8. The van der Waals surface area contributed by atoms with Crippen molar-refractivity contribution in [2.75, 3.05) is 51.9 Å². The number of nitrogens with two attached hydrogens (primary N) is 1. The van der Waals surface area contributed by atoms with E-state index in [0.717, 1.165) is 19.4 Å². The highest BCUT2D eigenvalue weighted by molar-refractivity contribution is 7.92. The largest absolute Gasteiger partial charge is 0.379 e. The molecule has 0 amide bonds. The van der Waals surface area contributed by atoms with Gasteiger partial charge in [0.05, 0.1) is 44.0 Å². The molecule has 0 aliphatic heterocycles. The SMILES string of the molecule is CCCCOCCOCCOCCS(=O)(=O)C(C)CCN. The molecule has 1 atom stereocenters. The van der Waals surface area contributed by atoms with Crippen LogP contribution in [0.5, 0.6) is 0 Å². The third-order valence-electron chi connectivity index (χ3n) is 3.08. The lowest BCUT2D eigenvalue weighted by Gasteiger charge is -2.12. The van der Waals surface area contributed by atoms with Gasteiger partial charge in [-0.15, -0.1) is 0 Å². The molecular formula is C14H31NO5S. The summed E-state index contributed by atoms with van der Waals surface area (Å²) in [6.45, 7) is 7.14. The maximum Gasteiger partial charge on any atom is 0.155 e. The molecule has 1 unspecified atom stereocenters. The monoisotopic (exact) mass is 325 g/mol. The number of rotatable bonds is 15. The van der Waals surface area contributed by atoms with Crippen LogP contribution >= 0.6 is 0 Å². The van der Waals surface area contributed by atoms with Crippen molar-refractivity contribution in [2.45, 2.75) is 38.4 Å². The van der Waals surface area contributed by atoms with Gasteiger partial charge in [0.15, 0.2) is 9.84 Å². The first-order chi connectivity index (χ1) is 10.0. The molecule has 2 N–H and O–H groups in total. The van der Waals surface area contributed by atoms with Gasteiger partial charge in [0, 0.05) is 6.61 Å². The second-order valence-corrected chi connectivity index (χ2v) is 7.48. The fraction of sp³-hybridized carbons (Fsp3) is 1.00. The normalized spacial score (nSPS) is 13.5. The van der Waals surface area contributed by atoms with Gasteiger partial charge in [-0.1, -0.05) is 13.3 Å². The molecule has 0 aliphatic rings. The first-order valence-electron chi connectivity index (χ1n) is 7.69. The molecule has 0 heterocycles. The zero-order valence-corrected chi connectivity index (χ0v) is 14.2. The first-order valence-corrected chi connectivity index (χ1v) is 9.41. The Hall–Kier alpha value is -0.210. The molecule has 0 bridgehead atoms. The van der Waals surface area contributed by atoms with Crippen LogP contribution < -0.4 is 5.73 Å². The van der Waals surface area contributed by atoms with Crippen LogP contribution in [-0.2, 0) is 24.0 Å². The molecule has 0 saturated carbocycles. The van der Waals surface area contributed by atoms with Gasteiger partial charge in [-0.25, -0.2) is 8.42 Å². The Kier molecular flexibility index (Phi) is 13.3. The highest BCUT2D eigenvalue weighted by Gasteiger charge is 2.19. The van der Waals surface area contributed by atoms with E-state index in [1.54, 1.807) is 6.92 Å². The van der Waals surface area contributed by atoms with Crippen LogP contribution in [0.1, 0.15) is 33.1 Å². The minimum absolute atomic E-state index is 0.0360. The Balaban J connectivity index is 3.40. The van der Waals surface area contributed by atoms with Gasteiger partial charge >= 0.3 is 0 Å². The standard InChI is InChI=1S/C14H31NO5S/c1-3-4-7-18-8-9-19-10-11-20-12-13-21(16,17)14(2)5-6-15/h14H,3-13,15H2,1-2H3. The summed E-state index contributed by atoms with van der Waals surface area (Å²) >= 11 is 0. The predicted molar refractivity (Wildman–Crippen MR) is 84.3 cm³/mol. The molecule has 6 nitrogen and oxygen atoms in total. The van der Waals surface area contributed by atoms with Crippen molar-refractivity contribution in [1.82, 2.24) is 0 Å². The molecule has 0 aromatic heterocycles. The number of ether oxygens (including phenoxy) is 3. The fourth-order valence-electron chi connectivity index (χ4n) is 1.58. The Morgan fingerprint density at radius 2 is 1.48 bits per heavy atom. The summed E-state index contributed by atoms with van der Waals surface area (Å²) in [6, 6.07) is 0. The molecule has 0 saturated heterocycles. The molecule has 21 heavy (non-hydrogen) atoms. The topological polar surface area (TPSA) is 87.9 Å². The van der Waals surface area contributed by atoms with Gasteiger partial charge in [-0.3, -0.25) is 0 Å². The Morgan fingerprint density at radius 3 is 2.00 bits per heavy atom. The maximum atomic E-state index is 11.8. The van der Waals surface area contributed by atoms with Crippen molar-refractivity contribution in [3.05, 3.63) is 0 Å². The smallest absolute Gasteiger partial charge is 0.155 e. The lowest BCUT2D eigenvalue weighted by molar-refractivity contribution is 0.0167. The van der Waals surface area contributed by atoms with Gasteiger partial charge in [0.1, 0.15) is 0 Å². The third-order valence-corrected chi connectivity index (χ3v) is 5.28. The Morgan fingerprint density at radius 1 is 0.952 bits per heavy atom. The van der Waals surface area contributed by atoms with Crippen LogP contribution in [0.4, 0.5) is 0 Å². The first kappa shape index (κ1) is 20.8. The van der Waals surface area contributed by atoms with Crippen molar-refractivity contribution < 1.29 is 22.6 Å². The van der Waals surface area contributed by atoms with Crippen LogP contribution in [0.15, 0.2) is 0 Å². The molecule has 128 valence electrons. The average Bonchev–Trinajstić information content (AvgIpc) is 2.45. The summed E-state index contributed by atoms with van der Waals surface area (Å²) in [5.74, 6) is 0.0360. The van der Waals surface area contributed by atoms with Gasteiger partial charge in [-0.05, 0) is 26.3 Å². The average molecular weight is 325 g/mol. The second kappa shape index (κ2) is 13.5. The van der Waals surface area contributed by atoms with Crippen LogP contribution in [0.25, 0.3) is 0 Å². The highest BCUT2D eigenvalue weighted by atomic mass is 32.2. The van der Waals surface area contributed by atoms with E-state index in [9.17, 15) is 8.42 Å². The van der Waals surface area contributed by atoms with E-state index in [0.29, 0.717) is 39.4 Å². The van der Waals surface area contributed by atoms with E-state index in [1.807, 2.05) is 0 Å². The summed E-state index contributed by atoms with van der Waals surface area (Å²) in [4.78, 5) is 0. The van der Waals surface area contributed by atoms with Crippen molar-refractivity contribution in [1.29, 1.82) is 0 Å². The molecule has 0 rings (SSSR count). The van der Waals surface area contributed by atoms with Gasteiger partial charge < -0.3 is 19.9 Å². The van der Waals surface area contributed by atoms with E-state index in [1.165, 1.54) is 0 Å². The number of unbranched alkanes of at least 4 members (excludes halogenated alkanes) is 1. The second-order valence-electron chi connectivity index (χ2n) is 4.95. The summed E-state index contributed by atoms with van der Waals surface area (Å²) < 4.78 is 39.5. The molecule has 0 aromatic carbocycles. The van der Waals surface area contributed by atoms with Crippen LogP contribution in [-0.4, -0.2) is 65.6 Å². The molecule has 7 heteroatoms. The van der Waals surface area contributed by atoms with Crippen molar-refractivity contribution in [3.63, 3.8) is 0 Å². The van der Waals surface area contributed by atoms with Crippen molar-refractivity contribution in [2.24, 2.45) is 5.73 Å². The number of sulfone groups is 1. The van der Waals surface area contributed by atoms with Gasteiger partial charge in [0.2, 0.25) is 0 Å². The molecule has 0 aromatic rings. The molecule has 0 fully saturated rings. The zero-order chi connectivity index (χ0) is 16.0. The van der Waals surface area contributed by atoms with Crippen LogP contribution in [0.3, 0.4) is 0 Å². The van der Waals surface area contributed by atoms with Crippen LogP contribution in [0, 0.1) is 0 Å². The minimum Gasteiger partial charge on any atom is -0.379 e. The van der Waals surface area contributed by atoms with Gasteiger partial charge in [-0.2, -0.15) is 0 Å². The quantitative estimate of drug-likeness (QED) is 0.452. The van der Waals surface area contributed by atoms with Crippen molar-refractivity contribution in [3.8, 4) is 0 Å². The zero-order valence-electron chi connectivity index (χ0n) is 13.4. The predicted octanol–water partition coefficient (Wildman–Crippen LogP) is 0.988. The Bertz CT molecular complexity index is 321. The minimum atomic E-state index is -3.10. The van der Waals surface area contributed by atoms with E-state index >= 15 is 0 Å². The van der Waals surface area contributed by atoms with E-state index < -0.39 is 15.1 Å².